The Labute approximate surface area is 196 Å². The number of carboxylic acid groups (broad SMARTS) is 2. The standard InChI is InChI=1S/C25H40O4.Al.O/c26-24(27)21-15-13-11-9-7-5-3-1-2-4-6-8-10-12-14-18-22-19-16-17-20-23(22)25(28)29;;/h16-17,19-20H,1-15,18,21H2,(H,26,27)(H,28,29);;/q;+1;/p-1. The van der Waals surface area contributed by atoms with Gasteiger partial charge in [0, 0.05) is 12.0 Å². The van der Waals surface area contributed by atoms with E-state index in [-0.39, 0.29) is 0 Å². The molecule has 0 atom stereocenters. The van der Waals surface area contributed by atoms with Crippen molar-refractivity contribution in [1.82, 2.24) is 0 Å². The molecule has 0 heterocycles. The van der Waals surface area contributed by atoms with Gasteiger partial charge in [-0.25, -0.2) is 0 Å². The maximum atomic E-state index is 11.1. The summed E-state index contributed by atoms with van der Waals surface area (Å²) in [6, 6.07) is 7.17. The van der Waals surface area contributed by atoms with Crippen LogP contribution in [0.1, 0.15) is 119 Å². The zero-order chi connectivity index (χ0) is 23.2. The fourth-order valence-corrected chi connectivity index (χ4v) is 3.83. The molecule has 0 aliphatic rings. The second kappa shape index (κ2) is 21.7. The van der Waals surface area contributed by atoms with Gasteiger partial charge in [-0.2, -0.15) is 0 Å². The number of rotatable bonds is 19. The van der Waals surface area contributed by atoms with Crippen molar-refractivity contribution in [3.05, 3.63) is 35.4 Å². The second-order valence-corrected chi connectivity index (χ2v) is 8.14. The number of carbonyl (C=O) groups excluding carboxylic acids is 1. The van der Waals surface area contributed by atoms with E-state index >= 15 is 0 Å². The Morgan fingerprint density at radius 1 is 0.677 bits per heavy atom. The van der Waals surface area contributed by atoms with Crippen LogP contribution in [-0.4, -0.2) is 33.3 Å². The Bertz CT molecular complexity index is 591. The molecule has 0 aromatic heterocycles. The SMILES string of the molecule is O=C(O)CCCCCCCCCCCCCCCCCc1ccccc1C(=O)[O-].[O]=[Al+]. The number of carbonyl (C=O) groups is 2. The minimum absolute atomic E-state index is 0.316. The van der Waals surface area contributed by atoms with Gasteiger partial charge in [0.2, 0.25) is 0 Å². The summed E-state index contributed by atoms with van der Waals surface area (Å²) in [5.74, 6) is -1.75. The van der Waals surface area contributed by atoms with Crippen LogP contribution in [0.3, 0.4) is 0 Å². The predicted octanol–water partition coefficient (Wildman–Crippen LogP) is 5.42. The quantitative estimate of drug-likeness (QED) is 0.226. The van der Waals surface area contributed by atoms with Gasteiger partial charge >= 0.3 is 26.0 Å². The molecule has 0 aliphatic heterocycles. The number of hydrogen-bond donors (Lipinski definition) is 1. The molecule has 0 fully saturated rings. The molecule has 1 rings (SSSR count). The number of carboxylic acids is 2. The van der Waals surface area contributed by atoms with Crippen molar-refractivity contribution < 1.29 is 23.6 Å². The molecule has 0 spiro atoms. The third kappa shape index (κ3) is 17.8. The minimum atomic E-state index is -1.07. The first kappa shape index (κ1) is 29.5. The number of hydrogen-bond acceptors (Lipinski definition) is 4. The van der Waals surface area contributed by atoms with Gasteiger partial charge in [-0.15, -0.1) is 0 Å². The molecule has 0 saturated carbocycles. The summed E-state index contributed by atoms with van der Waals surface area (Å²) in [4.78, 5) is 21.5. The number of aromatic carboxylic acids is 1. The normalized spacial score (nSPS) is 10.4. The second-order valence-electron chi connectivity index (χ2n) is 8.14. The Kier molecular flexibility index (Phi) is 20.7. The van der Waals surface area contributed by atoms with Crippen LogP contribution in [0.4, 0.5) is 0 Å². The number of aliphatic carboxylic acids is 1. The molecule has 0 saturated heterocycles. The Morgan fingerprint density at radius 3 is 1.48 bits per heavy atom. The van der Waals surface area contributed by atoms with Crippen molar-refractivity contribution in [2.24, 2.45) is 0 Å². The van der Waals surface area contributed by atoms with E-state index in [4.69, 9.17) is 8.91 Å². The van der Waals surface area contributed by atoms with E-state index in [1.54, 1.807) is 12.1 Å². The van der Waals surface area contributed by atoms with E-state index in [0.29, 0.717) is 12.0 Å². The Balaban J connectivity index is 0.00000436. The third-order valence-electron chi connectivity index (χ3n) is 5.57. The van der Waals surface area contributed by atoms with Gasteiger partial charge in [0.05, 0.1) is 5.97 Å². The molecule has 1 N–H and O–H groups in total. The monoisotopic (exact) mass is 446 g/mol. The van der Waals surface area contributed by atoms with E-state index in [1.807, 2.05) is 12.1 Å². The van der Waals surface area contributed by atoms with Crippen LogP contribution in [0, 0.1) is 0 Å². The molecule has 172 valence electrons. The van der Waals surface area contributed by atoms with Crippen molar-refractivity contribution in [2.45, 2.75) is 109 Å². The van der Waals surface area contributed by atoms with Crippen molar-refractivity contribution >= 4 is 28.2 Å². The number of benzene rings is 1. The summed E-state index contributed by atoms with van der Waals surface area (Å²) >= 11 is 1.17. The van der Waals surface area contributed by atoms with Gasteiger partial charge in [-0.1, -0.05) is 108 Å². The summed E-state index contributed by atoms with van der Waals surface area (Å²) in [7, 11) is 0. The molecular weight excluding hydrogens is 407 g/mol. The van der Waals surface area contributed by atoms with Crippen LogP contribution in [0.2, 0.25) is 0 Å². The first-order valence-corrected chi connectivity index (χ1v) is 12.3. The van der Waals surface area contributed by atoms with Gasteiger partial charge in [0.15, 0.2) is 0 Å². The average Bonchev–Trinajstić information content (AvgIpc) is 2.77. The van der Waals surface area contributed by atoms with E-state index in [2.05, 4.69) is 0 Å². The van der Waals surface area contributed by atoms with Crippen molar-refractivity contribution in [3.8, 4) is 0 Å². The molecule has 6 heteroatoms. The molecule has 1 aromatic carbocycles. The molecule has 0 radical (unpaired) electrons. The number of aryl methyl sites for hydroxylation is 1. The summed E-state index contributed by atoms with van der Waals surface area (Å²) in [6.07, 6.45) is 19.4. The molecule has 31 heavy (non-hydrogen) atoms. The zero-order valence-electron chi connectivity index (χ0n) is 19.0. The molecule has 0 amide bonds. The fourth-order valence-electron chi connectivity index (χ4n) is 3.83. The van der Waals surface area contributed by atoms with E-state index in [0.717, 1.165) is 37.7 Å². The van der Waals surface area contributed by atoms with Crippen LogP contribution in [0.25, 0.3) is 0 Å². The molecule has 1 aromatic rings. The van der Waals surface area contributed by atoms with Gasteiger partial charge in [0.25, 0.3) is 0 Å². The molecule has 0 unspecified atom stereocenters. The van der Waals surface area contributed by atoms with Crippen LogP contribution in [-0.2, 0) is 15.0 Å². The molecule has 0 aliphatic carbocycles. The van der Waals surface area contributed by atoms with Crippen LogP contribution in [0.15, 0.2) is 24.3 Å². The first-order valence-electron chi connectivity index (χ1n) is 11.9. The first-order chi connectivity index (χ1) is 15.1. The van der Waals surface area contributed by atoms with E-state index < -0.39 is 11.9 Å². The van der Waals surface area contributed by atoms with E-state index in [9.17, 15) is 14.7 Å². The fraction of sp³-hybridized carbons (Fsp3) is 0.680. The third-order valence-corrected chi connectivity index (χ3v) is 5.57. The average molecular weight is 447 g/mol. The summed E-state index contributed by atoms with van der Waals surface area (Å²) in [5, 5.41) is 19.7. The maximum absolute atomic E-state index is 11.1. The van der Waals surface area contributed by atoms with Gasteiger partial charge in [0.1, 0.15) is 0 Å². The Morgan fingerprint density at radius 2 is 1.06 bits per heavy atom. The molecular formula is C25H39AlO5. The van der Waals surface area contributed by atoms with E-state index in [1.165, 1.54) is 86.9 Å². The van der Waals surface area contributed by atoms with Crippen LogP contribution in [0.5, 0.6) is 0 Å². The number of unbranched alkanes of at least 4 members (excludes halogenated alkanes) is 14. The topological polar surface area (TPSA) is 94.5 Å². The van der Waals surface area contributed by atoms with Crippen molar-refractivity contribution in [2.75, 3.05) is 0 Å². The van der Waals surface area contributed by atoms with Crippen molar-refractivity contribution in [3.63, 3.8) is 0 Å². The summed E-state index contributed by atoms with van der Waals surface area (Å²) in [5.41, 5.74) is 1.23. The molecule has 5 nitrogen and oxygen atoms in total. The molecule has 0 bridgehead atoms. The summed E-state index contributed by atoms with van der Waals surface area (Å²) in [6.45, 7) is 0. The predicted molar refractivity (Wildman–Crippen MR) is 122 cm³/mol. The van der Waals surface area contributed by atoms with Crippen LogP contribution >= 0.6 is 0 Å². The van der Waals surface area contributed by atoms with Crippen LogP contribution < -0.4 is 5.11 Å². The van der Waals surface area contributed by atoms with Gasteiger partial charge in [-0.3, -0.25) is 4.79 Å². The van der Waals surface area contributed by atoms with Gasteiger partial charge in [-0.05, 0) is 24.8 Å². The van der Waals surface area contributed by atoms with Crippen molar-refractivity contribution in [1.29, 1.82) is 0 Å². The Hall–Kier alpha value is -1.51. The van der Waals surface area contributed by atoms with Gasteiger partial charge < -0.3 is 15.0 Å². The summed E-state index contributed by atoms with van der Waals surface area (Å²) < 4.78 is 8.17. The zero-order valence-corrected chi connectivity index (χ0v) is 20.1.